The van der Waals surface area contributed by atoms with E-state index < -0.39 is 23.4 Å². The van der Waals surface area contributed by atoms with Gasteiger partial charge in [-0.1, -0.05) is 38.1 Å². The first kappa shape index (κ1) is 17.8. The highest BCUT2D eigenvalue weighted by Crippen LogP contribution is 2.29. The molecule has 1 aliphatic heterocycles. The number of nitrogens with one attached hydrogen (secondary N) is 1. The molecule has 0 radical (unpaired) electrons. The maximum atomic E-state index is 13.1. The molecule has 0 bridgehead atoms. The second-order valence-electron chi connectivity index (χ2n) is 6.34. The van der Waals surface area contributed by atoms with Gasteiger partial charge in [0.2, 0.25) is 0 Å². The Balaban J connectivity index is 2.05. The number of benzene rings is 1. The van der Waals surface area contributed by atoms with Gasteiger partial charge in [-0.2, -0.15) is 5.10 Å². The first-order valence-electron chi connectivity index (χ1n) is 8.68. The zero-order chi connectivity index (χ0) is 18.8. The van der Waals surface area contributed by atoms with Gasteiger partial charge in [0, 0.05) is 13.1 Å². The molecular weight excluding hydrogens is 334 g/mol. The van der Waals surface area contributed by atoms with Crippen LogP contribution in [0.15, 0.2) is 29.1 Å². The fourth-order valence-corrected chi connectivity index (χ4v) is 3.55. The summed E-state index contributed by atoms with van der Waals surface area (Å²) in [5, 5.41) is 16.0. The fourth-order valence-electron chi connectivity index (χ4n) is 3.55. The Morgan fingerprint density at radius 2 is 2.00 bits per heavy atom. The van der Waals surface area contributed by atoms with Crippen molar-refractivity contribution >= 4 is 11.9 Å². The van der Waals surface area contributed by atoms with Crippen LogP contribution in [0.3, 0.4) is 0 Å². The molecule has 26 heavy (non-hydrogen) atoms. The molecule has 2 N–H and O–H groups in total. The van der Waals surface area contributed by atoms with Crippen molar-refractivity contribution in [2.45, 2.75) is 39.2 Å². The highest BCUT2D eigenvalue weighted by Gasteiger charge is 2.34. The van der Waals surface area contributed by atoms with Crippen molar-refractivity contribution in [1.29, 1.82) is 0 Å². The van der Waals surface area contributed by atoms with E-state index in [2.05, 4.69) is 10.2 Å². The first-order chi connectivity index (χ1) is 12.5. The predicted molar refractivity (Wildman–Crippen MR) is 95.2 cm³/mol. The molecule has 1 unspecified atom stereocenters. The van der Waals surface area contributed by atoms with Crippen LogP contribution in [-0.4, -0.2) is 38.6 Å². The number of aromatic nitrogens is 2. The van der Waals surface area contributed by atoms with Crippen LogP contribution >= 0.6 is 0 Å². The highest BCUT2D eigenvalue weighted by molar-refractivity contribution is 5.96. The number of aryl methyl sites for hydroxylation is 1. The smallest absolute Gasteiger partial charge is 0.312 e. The number of fused-ring (bicyclic) bond motifs is 1. The molecule has 136 valence electrons. The van der Waals surface area contributed by atoms with Gasteiger partial charge < -0.3 is 10.0 Å². The molecule has 1 aromatic carbocycles. The van der Waals surface area contributed by atoms with Crippen LogP contribution in [0.5, 0.6) is 0 Å². The monoisotopic (exact) mass is 355 g/mol. The number of carbonyl (C=O) groups is 2. The molecule has 7 nitrogen and oxygen atoms in total. The quantitative estimate of drug-likeness (QED) is 0.869. The summed E-state index contributed by atoms with van der Waals surface area (Å²) >= 11 is 0. The molecule has 0 fully saturated rings. The maximum absolute atomic E-state index is 13.1. The minimum absolute atomic E-state index is 0.0392. The lowest BCUT2D eigenvalue weighted by molar-refractivity contribution is -0.139. The van der Waals surface area contributed by atoms with Gasteiger partial charge in [0.1, 0.15) is 5.56 Å². The molecular formula is C19H21N3O4. The number of aliphatic carboxylic acids is 1. The third-order valence-corrected chi connectivity index (χ3v) is 4.85. The van der Waals surface area contributed by atoms with Crippen LogP contribution < -0.4 is 5.56 Å². The normalized spacial score (nSPS) is 16.2. The van der Waals surface area contributed by atoms with E-state index in [1.165, 1.54) is 4.90 Å². The molecule has 3 rings (SSSR count). The van der Waals surface area contributed by atoms with Crippen molar-refractivity contribution in [2.75, 3.05) is 6.54 Å². The van der Waals surface area contributed by atoms with Gasteiger partial charge in [-0.3, -0.25) is 14.4 Å². The molecule has 2 aromatic rings. The van der Waals surface area contributed by atoms with E-state index in [-0.39, 0.29) is 18.7 Å². The minimum atomic E-state index is -0.983. The Labute approximate surface area is 150 Å². The van der Waals surface area contributed by atoms with E-state index >= 15 is 0 Å². The summed E-state index contributed by atoms with van der Waals surface area (Å²) in [5.41, 5.74) is 2.36. The lowest BCUT2D eigenvalue weighted by atomic mass is 9.89. The van der Waals surface area contributed by atoms with Crippen LogP contribution in [0.1, 0.15) is 52.5 Å². The highest BCUT2D eigenvalue weighted by atomic mass is 16.4. The number of carboxylic acid groups (broad SMARTS) is 1. The van der Waals surface area contributed by atoms with E-state index in [0.29, 0.717) is 24.1 Å². The molecule has 1 atom stereocenters. The van der Waals surface area contributed by atoms with Gasteiger partial charge in [-0.15, -0.1) is 0 Å². The number of nitrogens with zero attached hydrogens (tertiary/aromatic N) is 2. The second-order valence-corrected chi connectivity index (χ2v) is 6.34. The zero-order valence-electron chi connectivity index (χ0n) is 14.8. The van der Waals surface area contributed by atoms with Crippen molar-refractivity contribution in [2.24, 2.45) is 0 Å². The third-order valence-electron chi connectivity index (χ3n) is 4.85. The van der Waals surface area contributed by atoms with Crippen molar-refractivity contribution in [1.82, 2.24) is 15.1 Å². The summed E-state index contributed by atoms with van der Waals surface area (Å²) in [6.07, 6.45) is 1.11. The fraction of sp³-hybridized carbons (Fsp3) is 0.368. The molecule has 1 aromatic heterocycles. The van der Waals surface area contributed by atoms with Crippen LogP contribution in [0.25, 0.3) is 0 Å². The SMILES string of the molecule is CCc1n[nH]c(=O)c(C(=O)N2Cc3ccccc3C(C(=O)O)C2)c1CC. The topological polar surface area (TPSA) is 103 Å². The van der Waals surface area contributed by atoms with Crippen LogP contribution in [0.4, 0.5) is 0 Å². The second kappa shape index (κ2) is 7.11. The maximum Gasteiger partial charge on any atom is 0.312 e. The van der Waals surface area contributed by atoms with E-state index in [4.69, 9.17) is 0 Å². The van der Waals surface area contributed by atoms with Gasteiger partial charge in [0.05, 0.1) is 11.6 Å². The largest absolute Gasteiger partial charge is 0.481 e. The van der Waals surface area contributed by atoms with Gasteiger partial charge in [0.25, 0.3) is 11.5 Å². The number of aromatic amines is 1. The first-order valence-corrected chi connectivity index (χ1v) is 8.68. The molecule has 1 aliphatic rings. The molecule has 0 spiro atoms. The van der Waals surface area contributed by atoms with Gasteiger partial charge in [-0.05, 0) is 29.5 Å². The van der Waals surface area contributed by atoms with Crippen LogP contribution in [0.2, 0.25) is 0 Å². The van der Waals surface area contributed by atoms with E-state index in [9.17, 15) is 19.5 Å². The molecule has 2 heterocycles. The molecule has 0 saturated heterocycles. The van der Waals surface area contributed by atoms with Crippen molar-refractivity contribution in [3.8, 4) is 0 Å². The number of H-pyrrole nitrogens is 1. The summed E-state index contributed by atoms with van der Waals surface area (Å²) in [7, 11) is 0. The number of rotatable bonds is 4. The molecule has 0 saturated carbocycles. The Bertz CT molecular complexity index is 919. The summed E-state index contributed by atoms with van der Waals surface area (Å²) in [6.45, 7) is 4.10. The Morgan fingerprint density at radius 3 is 2.65 bits per heavy atom. The van der Waals surface area contributed by atoms with Gasteiger partial charge in [-0.25, -0.2) is 5.10 Å². The number of carbonyl (C=O) groups excluding carboxylic acids is 1. The standard InChI is InChI=1S/C19H21N3O4/c1-3-12-15(4-2)20-21-17(23)16(12)18(24)22-9-11-7-5-6-8-13(11)14(10-22)19(25)26/h5-8,14H,3-4,9-10H2,1-2H3,(H,21,23)(H,25,26). The van der Waals surface area contributed by atoms with Crippen molar-refractivity contribution in [3.63, 3.8) is 0 Å². The van der Waals surface area contributed by atoms with Crippen molar-refractivity contribution < 1.29 is 14.7 Å². The Morgan fingerprint density at radius 1 is 1.27 bits per heavy atom. The van der Waals surface area contributed by atoms with Crippen LogP contribution in [0, 0.1) is 0 Å². The minimum Gasteiger partial charge on any atom is -0.481 e. The average molecular weight is 355 g/mol. The van der Waals surface area contributed by atoms with Crippen LogP contribution in [-0.2, 0) is 24.2 Å². The molecule has 7 heteroatoms. The summed E-state index contributed by atoms with van der Waals surface area (Å²) in [4.78, 5) is 38.6. The lowest BCUT2D eigenvalue weighted by Crippen LogP contribution is -2.43. The molecule has 0 aliphatic carbocycles. The van der Waals surface area contributed by atoms with Gasteiger partial charge in [0.15, 0.2) is 0 Å². The number of carboxylic acids is 1. The summed E-state index contributed by atoms with van der Waals surface area (Å²) in [5.74, 6) is -2.23. The molecule has 1 amide bonds. The van der Waals surface area contributed by atoms with Gasteiger partial charge >= 0.3 is 5.97 Å². The summed E-state index contributed by atoms with van der Waals surface area (Å²) in [6, 6.07) is 7.21. The van der Waals surface area contributed by atoms with Crippen molar-refractivity contribution in [3.05, 3.63) is 62.6 Å². The zero-order valence-corrected chi connectivity index (χ0v) is 14.8. The third kappa shape index (κ3) is 3.00. The number of hydrogen-bond donors (Lipinski definition) is 2. The summed E-state index contributed by atoms with van der Waals surface area (Å²) < 4.78 is 0. The number of hydrogen-bond acceptors (Lipinski definition) is 4. The van der Waals surface area contributed by atoms with E-state index in [0.717, 1.165) is 11.1 Å². The lowest BCUT2D eigenvalue weighted by Gasteiger charge is -2.33. The average Bonchev–Trinajstić information content (AvgIpc) is 2.66. The predicted octanol–water partition coefficient (Wildman–Crippen LogP) is 1.72. The Kier molecular flexibility index (Phi) is 4.88. The Hall–Kier alpha value is -2.96. The van der Waals surface area contributed by atoms with E-state index in [1.54, 1.807) is 12.1 Å². The van der Waals surface area contributed by atoms with E-state index in [1.807, 2.05) is 26.0 Å². The number of amides is 1.